The van der Waals surface area contributed by atoms with E-state index < -0.39 is 0 Å². The molecule has 0 aliphatic rings. The zero-order chi connectivity index (χ0) is 21.5. The Morgan fingerprint density at radius 3 is 2.47 bits per heavy atom. The molecule has 0 spiro atoms. The lowest BCUT2D eigenvalue weighted by Gasteiger charge is -2.18. The minimum absolute atomic E-state index is 0.0837. The molecule has 160 valence electrons. The number of hydrogen-bond donors (Lipinski definition) is 1. The molecule has 1 heterocycles. The fraction of sp³-hybridized carbons (Fsp3) is 0.375. The molecule has 0 saturated heterocycles. The number of ether oxygens (including phenoxy) is 2. The number of fused-ring (bicyclic) bond motifs is 1. The van der Waals surface area contributed by atoms with Gasteiger partial charge in [-0.2, -0.15) is 0 Å². The Morgan fingerprint density at radius 2 is 1.80 bits per heavy atom. The Kier molecular flexibility index (Phi) is 7.36. The molecule has 0 aliphatic heterocycles. The minimum atomic E-state index is -0.336. The molecule has 30 heavy (non-hydrogen) atoms. The first-order valence-electron chi connectivity index (χ1n) is 10.4. The fourth-order valence-electron chi connectivity index (χ4n) is 3.47. The van der Waals surface area contributed by atoms with Crippen LogP contribution in [0.1, 0.15) is 26.7 Å². The van der Waals surface area contributed by atoms with E-state index in [1.165, 1.54) is 19.2 Å². The van der Waals surface area contributed by atoms with E-state index in [9.17, 15) is 9.90 Å². The number of phenolic OH excluding ortho intramolecular Hbond substituents is 1. The van der Waals surface area contributed by atoms with Gasteiger partial charge in [0.2, 0.25) is 5.75 Å². The summed E-state index contributed by atoms with van der Waals surface area (Å²) in [5.74, 6) is 0.889. The molecule has 0 atom stereocenters. The summed E-state index contributed by atoms with van der Waals surface area (Å²) in [6.07, 6.45) is 1.88. The average molecular weight is 411 g/mol. The van der Waals surface area contributed by atoms with Gasteiger partial charge in [-0.15, -0.1) is 0 Å². The molecule has 0 aliphatic carbocycles. The van der Waals surface area contributed by atoms with Gasteiger partial charge in [0, 0.05) is 17.7 Å². The van der Waals surface area contributed by atoms with Gasteiger partial charge in [0.25, 0.3) is 0 Å². The van der Waals surface area contributed by atoms with Crippen LogP contribution in [-0.4, -0.2) is 43.4 Å². The van der Waals surface area contributed by atoms with Crippen molar-refractivity contribution in [3.63, 3.8) is 0 Å². The van der Waals surface area contributed by atoms with E-state index in [-0.39, 0.29) is 22.1 Å². The van der Waals surface area contributed by atoms with E-state index in [1.807, 2.05) is 30.3 Å². The largest absolute Gasteiger partial charge is 0.507 e. The summed E-state index contributed by atoms with van der Waals surface area (Å²) in [5, 5.41) is 10.5. The lowest BCUT2D eigenvalue weighted by Crippen LogP contribution is -2.24. The van der Waals surface area contributed by atoms with Crippen molar-refractivity contribution in [1.82, 2.24) is 4.90 Å². The number of aromatic hydroxyl groups is 1. The van der Waals surface area contributed by atoms with Crippen molar-refractivity contribution in [3.05, 3.63) is 52.7 Å². The van der Waals surface area contributed by atoms with Crippen LogP contribution in [0.15, 0.2) is 51.7 Å². The van der Waals surface area contributed by atoms with Crippen LogP contribution in [-0.2, 0) is 0 Å². The van der Waals surface area contributed by atoms with Crippen LogP contribution in [0.4, 0.5) is 0 Å². The van der Waals surface area contributed by atoms with Crippen LogP contribution < -0.4 is 14.9 Å². The molecule has 0 radical (unpaired) electrons. The van der Waals surface area contributed by atoms with Crippen molar-refractivity contribution in [1.29, 1.82) is 0 Å². The van der Waals surface area contributed by atoms with Crippen LogP contribution in [0.25, 0.3) is 22.3 Å². The highest BCUT2D eigenvalue weighted by Gasteiger charge is 2.20. The van der Waals surface area contributed by atoms with Crippen molar-refractivity contribution in [2.75, 3.05) is 33.4 Å². The van der Waals surface area contributed by atoms with Crippen LogP contribution >= 0.6 is 0 Å². The van der Waals surface area contributed by atoms with Gasteiger partial charge in [-0.1, -0.05) is 44.2 Å². The number of benzene rings is 2. The van der Waals surface area contributed by atoms with Crippen molar-refractivity contribution < 1.29 is 19.0 Å². The third kappa shape index (κ3) is 4.76. The van der Waals surface area contributed by atoms with Gasteiger partial charge in [0.05, 0.1) is 13.7 Å². The highest BCUT2D eigenvalue weighted by molar-refractivity contribution is 5.91. The van der Waals surface area contributed by atoms with Gasteiger partial charge in [-0.3, -0.25) is 4.79 Å². The van der Waals surface area contributed by atoms with E-state index in [1.54, 1.807) is 0 Å². The van der Waals surface area contributed by atoms with E-state index in [2.05, 4.69) is 18.7 Å². The van der Waals surface area contributed by atoms with Crippen LogP contribution in [0.2, 0.25) is 0 Å². The predicted octanol–water partition coefficient (Wildman–Crippen LogP) is 4.68. The van der Waals surface area contributed by atoms with Crippen molar-refractivity contribution in [2.45, 2.75) is 26.7 Å². The van der Waals surface area contributed by atoms with Gasteiger partial charge in [-0.25, -0.2) is 0 Å². The van der Waals surface area contributed by atoms with Gasteiger partial charge in [0.1, 0.15) is 16.9 Å². The van der Waals surface area contributed by atoms with Crippen molar-refractivity contribution in [3.8, 4) is 28.6 Å². The molecule has 1 N–H and O–H groups in total. The Labute approximate surface area is 176 Å². The average Bonchev–Trinajstić information content (AvgIpc) is 2.76. The molecule has 0 amide bonds. The molecule has 2 aromatic carbocycles. The fourth-order valence-corrected chi connectivity index (χ4v) is 3.47. The molecule has 0 saturated carbocycles. The number of nitrogens with zero attached hydrogens (tertiary/aromatic N) is 1. The highest BCUT2D eigenvalue weighted by atomic mass is 16.5. The lowest BCUT2D eigenvalue weighted by molar-refractivity contribution is 0.258. The predicted molar refractivity (Wildman–Crippen MR) is 119 cm³/mol. The smallest absolute Gasteiger partial charge is 0.205 e. The van der Waals surface area contributed by atoms with E-state index in [0.717, 1.165) is 38.0 Å². The molecular formula is C24H29NO5. The van der Waals surface area contributed by atoms with E-state index in [4.69, 9.17) is 13.9 Å². The first kappa shape index (κ1) is 21.7. The first-order valence-corrected chi connectivity index (χ1v) is 10.4. The summed E-state index contributed by atoms with van der Waals surface area (Å²) in [5.41, 5.74) is 0.611. The van der Waals surface area contributed by atoms with E-state index >= 15 is 0 Å². The van der Waals surface area contributed by atoms with Crippen LogP contribution in [0.5, 0.6) is 17.2 Å². The molecule has 3 aromatic rings. The zero-order valence-corrected chi connectivity index (χ0v) is 17.8. The van der Waals surface area contributed by atoms with Crippen molar-refractivity contribution >= 4 is 11.0 Å². The maximum absolute atomic E-state index is 12.7. The second-order valence-electron chi connectivity index (χ2n) is 7.05. The number of rotatable bonds is 10. The van der Waals surface area contributed by atoms with Gasteiger partial charge < -0.3 is 23.9 Å². The molecule has 6 nitrogen and oxygen atoms in total. The van der Waals surface area contributed by atoms with Gasteiger partial charge >= 0.3 is 0 Å². The third-order valence-corrected chi connectivity index (χ3v) is 5.18. The molecule has 0 unspecified atom stereocenters. The monoisotopic (exact) mass is 411 g/mol. The topological polar surface area (TPSA) is 72.1 Å². The number of phenols is 1. The van der Waals surface area contributed by atoms with Gasteiger partial charge in [0.15, 0.2) is 16.8 Å². The number of hydrogen-bond acceptors (Lipinski definition) is 6. The van der Waals surface area contributed by atoms with Crippen LogP contribution in [0, 0.1) is 0 Å². The SMILES string of the molecule is CCN(CC)CCCCOc1cc(O)c2c(=O)cc(-c3ccccc3)oc2c1OC. The van der Waals surface area contributed by atoms with Crippen molar-refractivity contribution in [2.24, 2.45) is 0 Å². The summed E-state index contributed by atoms with van der Waals surface area (Å²) < 4.78 is 17.4. The second kappa shape index (κ2) is 10.2. The molecular weight excluding hydrogens is 382 g/mol. The van der Waals surface area contributed by atoms with Crippen LogP contribution in [0.3, 0.4) is 0 Å². The Balaban J connectivity index is 1.88. The summed E-state index contributed by atoms with van der Waals surface area (Å²) in [6.45, 7) is 7.87. The Morgan fingerprint density at radius 1 is 1.07 bits per heavy atom. The molecule has 3 rings (SSSR count). The summed E-state index contributed by atoms with van der Waals surface area (Å²) >= 11 is 0. The lowest BCUT2D eigenvalue weighted by atomic mass is 10.1. The maximum atomic E-state index is 12.7. The molecule has 6 heteroatoms. The quantitative estimate of drug-likeness (QED) is 0.489. The summed E-state index contributed by atoms with van der Waals surface area (Å²) in [6, 6.07) is 12.1. The zero-order valence-electron chi connectivity index (χ0n) is 17.8. The number of unbranched alkanes of at least 4 members (excludes halogenated alkanes) is 1. The standard InChI is InChI=1S/C24H29NO5/c1-4-25(5-2)13-9-10-14-29-21-16-19(27)22-18(26)15-20(17-11-7-6-8-12-17)30-24(22)23(21)28-3/h6-8,11-12,15-16,27H,4-5,9-10,13-14H2,1-3H3. The first-order chi connectivity index (χ1) is 14.6. The Hall–Kier alpha value is -2.99. The molecule has 0 bridgehead atoms. The molecule has 0 fully saturated rings. The minimum Gasteiger partial charge on any atom is -0.507 e. The Bertz CT molecular complexity index is 1030. The summed E-state index contributed by atoms with van der Waals surface area (Å²) in [7, 11) is 1.49. The second-order valence-corrected chi connectivity index (χ2v) is 7.05. The van der Waals surface area contributed by atoms with E-state index in [0.29, 0.717) is 23.9 Å². The van der Waals surface area contributed by atoms with Gasteiger partial charge in [-0.05, 0) is 32.5 Å². The highest BCUT2D eigenvalue weighted by Crippen LogP contribution is 2.41. The normalized spacial score (nSPS) is 11.2. The molecule has 1 aromatic heterocycles. The maximum Gasteiger partial charge on any atom is 0.205 e. The number of methoxy groups -OCH3 is 1. The third-order valence-electron chi connectivity index (χ3n) is 5.18. The summed E-state index contributed by atoms with van der Waals surface area (Å²) in [4.78, 5) is 15.0.